The van der Waals surface area contributed by atoms with Crippen molar-refractivity contribution in [2.75, 3.05) is 0 Å². The van der Waals surface area contributed by atoms with E-state index in [-0.39, 0.29) is 0 Å². The summed E-state index contributed by atoms with van der Waals surface area (Å²) >= 11 is 0. The summed E-state index contributed by atoms with van der Waals surface area (Å²) in [5, 5.41) is 0. The van der Waals surface area contributed by atoms with Crippen molar-refractivity contribution in [2.45, 2.75) is 59.8 Å². The van der Waals surface area contributed by atoms with Crippen molar-refractivity contribution < 1.29 is 0 Å². The molecule has 0 radical (unpaired) electrons. The lowest BCUT2D eigenvalue weighted by atomic mass is 9.73. The summed E-state index contributed by atoms with van der Waals surface area (Å²) < 4.78 is 0. The molecule has 2 rings (SSSR count). The highest BCUT2D eigenvalue weighted by Crippen LogP contribution is 2.45. The molecule has 2 atom stereocenters. The molecule has 2 aliphatic carbocycles. The van der Waals surface area contributed by atoms with Gasteiger partial charge in [0.15, 0.2) is 0 Å². The standard InChI is InChI=1S/C15H26/c1-11(12-5-6-12)13-7-9-14(10-8-13)15(2,3)4/h9,11-13H,5-8,10H2,1-4H3. The Labute approximate surface area is 95.1 Å². The molecule has 0 nitrogen and oxygen atoms in total. The van der Waals surface area contributed by atoms with Gasteiger partial charge < -0.3 is 0 Å². The second kappa shape index (κ2) is 3.96. The fourth-order valence-electron chi connectivity index (χ4n) is 3.02. The average Bonchev–Trinajstić information content (AvgIpc) is 2.99. The van der Waals surface area contributed by atoms with E-state index in [0.29, 0.717) is 5.41 Å². The Balaban J connectivity index is 1.92. The summed E-state index contributed by atoms with van der Waals surface area (Å²) in [5.74, 6) is 3.06. The van der Waals surface area contributed by atoms with E-state index in [1.807, 2.05) is 0 Å². The molecule has 1 saturated carbocycles. The van der Waals surface area contributed by atoms with Crippen LogP contribution in [0.1, 0.15) is 59.8 Å². The van der Waals surface area contributed by atoms with Crippen molar-refractivity contribution in [1.82, 2.24) is 0 Å². The molecule has 0 aliphatic heterocycles. The molecule has 2 aliphatic rings. The highest BCUT2D eigenvalue weighted by atomic mass is 14.4. The molecule has 15 heavy (non-hydrogen) atoms. The molecule has 0 saturated heterocycles. The van der Waals surface area contributed by atoms with Crippen LogP contribution < -0.4 is 0 Å². The van der Waals surface area contributed by atoms with Crippen molar-refractivity contribution in [3.8, 4) is 0 Å². The van der Waals surface area contributed by atoms with Gasteiger partial charge in [0.2, 0.25) is 0 Å². The minimum Gasteiger partial charge on any atom is -0.0845 e. The topological polar surface area (TPSA) is 0 Å². The third kappa shape index (κ3) is 2.65. The molecule has 0 heteroatoms. The van der Waals surface area contributed by atoms with Crippen LogP contribution in [0, 0.1) is 23.2 Å². The normalized spacial score (nSPS) is 29.9. The van der Waals surface area contributed by atoms with Crippen LogP contribution >= 0.6 is 0 Å². The first-order valence-electron chi connectivity index (χ1n) is 6.68. The number of hydrogen-bond donors (Lipinski definition) is 0. The third-order valence-corrected chi connectivity index (χ3v) is 4.52. The molecule has 1 fully saturated rings. The average molecular weight is 206 g/mol. The van der Waals surface area contributed by atoms with E-state index in [4.69, 9.17) is 0 Å². The number of rotatable bonds is 2. The van der Waals surface area contributed by atoms with E-state index in [9.17, 15) is 0 Å². The maximum Gasteiger partial charge on any atom is -0.0173 e. The molecule has 86 valence electrons. The van der Waals surface area contributed by atoms with Crippen molar-refractivity contribution in [3.05, 3.63) is 11.6 Å². The van der Waals surface area contributed by atoms with Gasteiger partial charge in [0.1, 0.15) is 0 Å². The fourth-order valence-corrected chi connectivity index (χ4v) is 3.02. The predicted molar refractivity (Wildman–Crippen MR) is 66.8 cm³/mol. The van der Waals surface area contributed by atoms with E-state index in [1.165, 1.54) is 32.1 Å². The van der Waals surface area contributed by atoms with Gasteiger partial charge in [-0.1, -0.05) is 39.3 Å². The fraction of sp³-hybridized carbons (Fsp3) is 0.867. The summed E-state index contributed by atoms with van der Waals surface area (Å²) in [4.78, 5) is 0. The smallest absolute Gasteiger partial charge is 0.0173 e. The van der Waals surface area contributed by atoms with Gasteiger partial charge in [0.05, 0.1) is 0 Å². The van der Waals surface area contributed by atoms with E-state index >= 15 is 0 Å². The van der Waals surface area contributed by atoms with Crippen LogP contribution in [0.25, 0.3) is 0 Å². The molecular formula is C15H26. The van der Waals surface area contributed by atoms with Crippen molar-refractivity contribution in [1.29, 1.82) is 0 Å². The Kier molecular flexibility index (Phi) is 2.96. The quantitative estimate of drug-likeness (QED) is 0.569. The number of allylic oxidation sites excluding steroid dienone is 2. The van der Waals surface area contributed by atoms with Gasteiger partial charge in [0.25, 0.3) is 0 Å². The molecule has 2 unspecified atom stereocenters. The van der Waals surface area contributed by atoms with Crippen LogP contribution in [0.5, 0.6) is 0 Å². The van der Waals surface area contributed by atoms with Crippen LogP contribution in [0.15, 0.2) is 11.6 Å². The third-order valence-electron chi connectivity index (χ3n) is 4.52. The van der Waals surface area contributed by atoms with Crippen LogP contribution in [0.3, 0.4) is 0 Å². The number of hydrogen-bond acceptors (Lipinski definition) is 0. The lowest BCUT2D eigenvalue weighted by Crippen LogP contribution is -2.20. The SMILES string of the molecule is CC(C1CC=C(C(C)(C)C)CC1)C1CC1. The van der Waals surface area contributed by atoms with E-state index in [1.54, 1.807) is 5.57 Å². The maximum absolute atomic E-state index is 2.55. The zero-order valence-corrected chi connectivity index (χ0v) is 10.8. The van der Waals surface area contributed by atoms with Crippen LogP contribution in [-0.2, 0) is 0 Å². The second-order valence-corrected chi connectivity index (χ2v) is 6.71. The predicted octanol–water partition coefficient (Wildman–Crippen LogP) is 4.81. The molecule has 0 N–H and O–H groups in total. The molecule has 0 heterocycles. The minimum atomic E-state index is 0.411. The monoisotopic (exact) mass is 206 g/mol. The Hall–Kier alpha value is -0.260. The Morgan fingerprint density at radius 3 is 2.20 bits per heavy atom. The van der Waals surface area contributed by atoms with E-state index in [2.05, 4.69) is 33.8 Å². The summed E-state index contributed by atoms with van der Waals surface area (Å²) in [6.45, 7) is 9.54. The van der Waals surface area contributed by atoms with Crippen molar-refractivity contribution >= 4 is 0 Å². The Bertz CT molecular complexity index is 250. The molecule has 0 spiro atoms. The zero-order chi connectivity index (χ0) is 11.1. The highest BCUT2D eigenvalue weighted by molar-refractivity contribution is 5.14. The van der Waals surface area contributed by atoms with Crippen LogP contribution in [0.4, 0.5) is 0 Å². The van der Waals surface area contributed by atoms with Gasteiger partial charge in [-0.3, -0.25) is 0 Å². The molecule has 0 aromatic heterocycles. The first-order valence-corrected chi connectivity index (χ1v) is 6.68. The maximum atomic E-state index is 2.55. The summed E-state index contributed by atoms with van der Waals surface area (Å²) in [5.41, 5.74) is 2.11. The molecule has 0 amide bonds. The zero-order valence-electron chi connectivity index (χ0n) is 10.8. The minimum absolute atomic E-state index is 0.411. The van der Waals surface area contributed by atoms with E-state index < -0.39 is 0 Å². The van der Waals surface area contributed by atoms with Gasteiger partial charge in [-0.05, 0) is 55.3 Å². The highest BCUT2D eigenvalue weighted by Gasteiger charge is 2.34. The van der Waals surface area contributed by atoms with Gasteiger partial charge in [-0.15, -0.1) is 0 Å². The van der Waals surface area contributed by atoms with Crippen molar-refractivity contribution in [3.63, 3.8) is 0 Å². The lowest BCUT2D eigenvalue weighted by Gasteiger charge is -2.32. The molecule has 0 aromatic rings. The van der Waals surface area contributed by atoms with Gasteiger partial charge in [0, 0.05) is 0 Å². The summed E-state index contributed by atoms with van der Waals surface area (Å²) in [6.07, 6.45) is 9.71. The Morgan fingerprint density at radius 1 is 1.13 bits per heavy atom. The first-order chi connectivity index (χ1) is 6.98. The Morgan fingerprint density at radius 2 is 1.80 bits per heavy atom. The largest absolute Gasteiger partial charge is 0.0845 e. The van der Waals surface area contributed by atoms with Gasteiger partial charge in [-0.25, -0.2) is 0 Å². The van der Waals surface area contributed by atoms with Gasteiger partial charge >= 0.3 is 0 Å². The first kappa shape index (κ1) is 11.2. The molecular weight excluding hydrogens is 180 g/mol. The van der Waals surface area contributed by atoms with Crippen LogP contribution in [0.2, 0.25) is 0 Å². The van der Waals surface area contributed by atoms with Crippen molar-refractivity contribution in [2.24, 2.45) is 23.2 Å². The molecule has 0 bridgehead atoms. The second-order valence-electron chi connectivity index (χ2n) is 6.71. The van der Waals surface area contributed by atoms with Gasteiger partial charge in [-0.2, -0.15) is 0 Å². The lowest BCUT2D eigenvalue weighted by molar-refractivity contribution is 0.283. The van der Waals surface area contributed by atoms with E-state index in [0.717, 1.165) is 17.8 Å². The van der Waals surface area contributed by atoms with Crippen LogP contribution in [-0.4, -0.2) is 0 Å². The summed E-state index contributed by atoms with van der Waals surface area (Å²) in [7, 11) is 0. The summed E-state index contributed by atoms with van der Waals surface area (Å²) in [6, 6.07) is 0. The molecule has 0 aromatic carbocycles.